The van der Waals surface area contributed by atoms with Crippen molar-refractivity contribution in [3.8, 4) is 10.4 Å². The number of nitrogens with zero attached hydrogens (tertiary/aromatic N) is 2. The predicted molar refractivity (Wildman–Crippen MR) is 89.2 cm³/mol. The average molecular weight is 315 g/mol. The summed E-state index contributed by atoms with van der Waals surface area (Å²) in [6.45, 7) is 4.61. The van der Waals surface area contributed by atoms with Gasteiger partial charge in [-0.25, -0.2) is 4.79 Å². The Balaban J connectivity index is 1.48. The number of carbonyl (C=O) groups excluding carboxylic acids is 1. The molecule has 22 heavy (non-hydrogen) atoms. The van der Waals surface area contributed by atoms with E-state index < -0.39 is 0 Å². The summed E-state index contributed by atoms with van der Waals surface area (Å²) >= 11 is 1.70. The molecule has 3 saturated heterocycles. The Morgan fingerprint density at radius 1 is 1.32 bits per heavy atom. The summed E-state index contributed by atoms with van der Waals surface area (Å²) in [7, 11) is 0. The summed E-state index contributed by atoms with van der Waals surface area (Å²) in [5, 5.41) is 5.32. The van der Waals surface area contributed by atoms with Crippen LogP contribution < -0.4 is 5.32 Å². The molecule has 116 valence electrons. The first-order valence-corrected chi connectivity index (χ1v) is 8.87. The number of piperidine rings is 3. The topological polar surface area (TPSA) is 37.3 Å². The van der Waals surface area contributed by atoms with Crippen LogP contribution in [0.15, 0.2) is 36.0 Å². The van der Waals surface area contributed by atoms with Crippen LogP contribution in [0, 0.1) is 5.92 Å². The number of aromatic nitrogens is 1. The quantitative estimate of drug-likeness (QED) is 0.923. The van der Waals surface area contributed by atoms with Gasteiger partial charge in [0.15, 0.2) is 0 Å². The minimum Gasteiger partial charge on any atom is -0.333 e. The van der Waals surface area contributed by atoms with Gasteiger partial charge in [0.25, 0.3) is 0 Å². The highest BCUT2D eigenvalue weighted by molar-refractivity contribution is 7.13. The molecular weight excluding hydrogens is 294 g/mol. The highest BCUT2D eigenvalue weighted by Gasteiger charge is 2.40. The summed E-state index contributed by atoms with van der Waals surface area (Å²) in [5.41, 5.74) is 1.10. The monoisotopic (exact) mass is 315 g/mol. The number of thiophene rings is 1. The van der Waals surface area contributed by atoms with Gasteiger partial charge in [0.1, 0.15) is 0 Å². The first-order valence-electron chi connectivity index (χ1n) is 7.99. The van der Waals surface area contributed by atoms with Gasteiger partial charge in [-0.1, -0.05) is 6.07 Å². The van der Waals surface area contributed by atoms with Crippen molar-refractivity contribution in [1.82, 2.24) is 14.8 Å². The van der Waals surface area contributed by atoms with E-state index in [0.717, 1.165) is 5.56 Å². The minimum absolute atomic E-state index is 0.00611. The molecule has 3 aliphatic rings. The van der Waals surface area contributed by atoms with Crippen LogP contribution in [-0.2, 0) is 0 Å². The lowest BCUT2D eigenvalue weighted by Gasteiger charge is -2.49. The zero-order chi connectivity index (χ0) is 15.1. The second-order valence-corrected chi connectivity index (χ2v) is 7.32. The maximum absolute atomic E-state index is 12.6. The molecule has 5 rings (SSSR count). The van der Waals surface area contributed by atoms with Crippen LogP contribution in [0.25, 0.3) is 10.4 Å². The van der Waals surface area contributed by atoms with Crippen LogP contribution in [0.3, 0.4) is 0 Å². The van der Waals surface area contributed by atoms with Crippen LogP contribution in [0.1, 0.15) is 19.8 Å². The van der Waals surface area contributed by atoms with Crippen molar-refractivity contribution in [2.75, 3.05) is 13.1 Å². The molecule has 3 aliphatic heterocycles. The maximum Gasteiger partial charge on any atom is 0.325 e. The molecule has 4 nitrogen and oxygen atoms in total. The van der Waals surface area contributed by atoms with Crippen LogP contribution >= 0.6 is 11.3 Å². The molecule has 1 N–H and O–H groups in total. The molecule has 0 spiro atoms. The summed E-state index contributed by atoms with van der Waals surface area (Å²) in [6, 6.07) is 6.84. The summed E-state index contributed by atoms with van der Waals surface area (Å²) in [6.07, 6.45) is 6.20. The third-order valence-corrected chi connectivity index (χ3v) is 6.12. The van der Waals surface area contributed by atoms with Gasteiger partial charge in [0.2, 0.25) is 0 Å². The van der Waals surface area contributed by atoms with Gasteiger partial charge in [-0.15, -0.1) is 11.3 Å². The van der Waals surface area contributed by atoms with Crippen LogP contribution in [0.2, 0.25) is 0 Å². The fourth-order valence-corrected chi connectivity index (χ4v) is 4.59. The molecule has 5 heteroatoms. The molecule has 0 radical (unpaired) electrons. The fourth-order valence-electron chi connectivity index (χ4n) is 3.87. The van der Waals surface area contributed by atoms with E-state index in [4.69, 9.17) is 0 Å². The fraction of sp³-hybridized carbons (Fsp3) is 0.471. The van der Waals surface area contributed by atoms with Crippen molar-refractivity contribution in [1.29, 1.82) is 0 Å². The van der Waals surface area contributed by atoms with Crippen LogP contribution in [0.4, 0.5) is 4.79 Å². The second-order valence-electron chi connectivity index (χ2n) is 6.37. The molecule has 0 aliphatic carbocycles. The molecule has 0 unspecified atom stereocenters. The molecule has 0 aromatic carbocycles. The lowest BCUT2D eigenvalue weighted by Crippen LogP contribution is -2.62. The molecule has 1 amide bonds. The number of rotatable bonds is 2. The number of nitrogens with one attached hydrogen (secondary N) is 1. The Labute approximate surface area is 134 Å². The van der Waals surface area contributed by atoms with Crippen molar-refractivity contribution in [3.05, 3.63) is 36.0 Å². The summed E-state index contributed by atoms with van der Waals surface area (Å²) < 4.78 is 1.68. The molecule has 2 atom stereocenters. The number of amides is 1. The SMILES string of the molecule is C[C@@H]1[C@H](NC(=O)n2ccc(-c3cccs3)c2)C2CCN1CC2. The molecule has 0 saturated carbocycles. The zero-order valence-corrected chi connectivity index (χ0v) is 13.6. The smallest absolute Gasteiger partial charge is 0.325 e. The molecule has 3 fully saturated rings. The van der Waals surface area contributed by atoms with Gasteiger partial charge in [-0.05, 0) is 56.3 Å². The Morgan fingerprint density at radius 3 is 2.82 bits per heavy atom. The van der Waals surface area contributed by atoms with Gasteiger partial charge in [-0.3, -0.25) is 9.47 Å². The third-order valence-electron chi connectivity index (χ3n) is 5.20. The zero-order valence-electron chi connectivity index (χ0n) is 12.7. The Morgan fingerprint density at radius 2 is 2.14 bits per heavy atom. The predicted octanol–water partition coefficient (Wildman–Crippen LogP) is 3.26. The van der Waals surface area contributed by atoms with E-state index in [1.807, 2.05) is 24.5 Å². The van der Waals surface area contributed by atoms with E-state index in [1.54, 1.807) is 15.9 Å². The number of fused-ring (bicyclic) bond motifs is 3. The van der Waals surface area contributed by atoms with Crippen molar-refractivity contribution in [2.24, 2.45) is 5.92 Å². The molecule has 2 aromatic rings. The minimum atomic E-state index is -0.00611. The normalized spacial score (nSPS) is 30.4. The third kappa shape index (κ3) is 2.38. The van der Waals surface area contributed by atoms with Gasteiger partial charge < -0.3 is 5.32 Å². The molecule has 2 bridgehead atoms. The van der Waals surface area contributed by atoms with Crippen LogP contribution in [0.5, 0.6) is 0 Å². The van der Waals surface area contributed by atoms with Gasteiger partial charge >= 0.3 is 6.03 Å². The second kappa shape index (κ2) is 5.56. The van der Waals surface area contributed by atoms with E-state index in [9.17, 15) is 4.79 Å². The van der Waals surface area contributed by atoms with Crippen molar-refractivity contribution >= 4 is 17.4 Å². The lowest BCUT2D eigenvalue weighted by molar-refractivity contribution is 0.0267. The number of hydrogen-bond acceptors (Lipinski definition) is 3. The first-order chi connectivity index (χ1) is 10.7. The van der Waals surface area contributed by atoms with Crippen molar-refractivity contribution in [3.63, 3.8) is 0 Å². The van der Waals surface area contributed by atoms with E-state index in [2.05, 4.69) is 28.6 Å². The Hall–Kier alpha value is -1.59. The average Bonchev–Trinajstić information content (AvgIpc) is 3.21. The highest BCUT2D eigenvalue weighted by Crippen LogP contribution is 2.32. The van der Waals surface area contributed by atoms with Crippen molar-refractivity contribution in [2.45, 2.75) is 31.8 Å². The van der Waals surface area contributed by atoms with Gasteiger partial charge in [-0.2, -0.15) is 0 Å². The van der Waals surface area contributed by atoms with Crippen molar-refractivity contribution < 1.29 is 4.79 Å². The number of hydrogen-bond donors (Lipinski definition) is 1. The Kier molecular flexibility index (Phi) is 3.54. The highest BCUT2D eigenvalue weighted by atomic mass is 32.1. The first kappa shape index (κ1) is 14.0. The molecular formula is C17H21N3OS. The van der Waals surface area contributed by atoms with E-state index in [0.29, 0.717) is 12.0 Å². The summed E-state index contributed by atoms with van der Waals surface area (Å²) in [4.78, 5) is 16.2. The maximum atomic E-state index is 12.6. The number of carbonyl (C=O) groups is 1. The Bertz CT molecular complexity index is 653. The molecule has 5 heterocycles. The van der Waals surface area contributed by atoms with E-state index >= 15 is 0 Å². The lowest BCUT2D eigenvalue weighted by atomic mass is 9.79. The molecule has 2 aromatic heterocycles. The largest absolute Gasteiger partial charge is 0.333 e. The van der Waals surface area contributed by atoms with Gasteiger partial charge in [0, 0.05) is 34.9 Å². The standard InChI is InChI=1S/C17H21N3OS/c1-12-16(13-4-7-19(12)8-5-13)18-17(21)20-9-6-14(11-20)15-3-2-10-22-15/h2-3,6,9-13,16H,4-5,7-8H2,1H3,(H,18,21)/t12-,16+/m1/s1. The van der Waals surface area contributed by atoms with E-state index in [-0.39, 0.29) is 12.1 Å². The van der Waals surface area contributed by atoms with Crippen LogP contribution in [-0.4, -0.2) is 40.7 Å². The van der Waals surface area contributed by atoms with E-state index in [1.165, 1.54) is 30.8 Å². The summed E-state index contributed by atoms with van der Waals surface area (Å²) in [5.74, 6) is 0.635. The van der Waals surface area contributed by atoms with Gasteiger partial charge in [0.05, 0.1) is 0 Å².